The molecule has 7 heteroatoms. The molecule has 0 atom stereocenters. The van der Waals surface area contributed by atoms with Crippen molar-refractivity contribution in [3.05, 3.63) is 45.7 Å². The summed E-state index contributed by atoms with van der Waals surface area (Å²) in [6.45, 7) is 0.215. The van der Waals surface area contributed by atoms with Gasteiger partial charge < -0.3 is 5.11 Å². The molecule has 0 aliphatic rings. The molecule has 1 aromatic heterocycles. The molecule has 1 N–H and O–H groups in total. The maximum absolute atomic E-state index is 12.3. The average Bonchev–Trinajstić information content (AvgIpc) is 2.76. The van der Waals surface area contributed by atoms with Crippen molar-refractivity contribution in [2.45, 2.75) is 10.8 Å². The number of hydrogen-bond donors (Lipinski definition) is 1. The van der Waals surface area contributed by atoms with E-state index in [1.807, 2.05) is 0 Å². The van der Waals surface area contributed by atoms with Crippen molar-refractivity contribution in [1.29, 1.82) is 0 Å². The van der Waals surface area contributed by atoms with Crippen molar-refractivity contribution in [2.24, 2.45) is 0 Å². The fourth-order valence-corrected chi connectivity index (χ4v) is 4.97. The minimum absolute atomic E-state index is 0.127. The summed E-state index contributed by atoms with van der Waals surface area (Å²) in [5.41, 5.74) is 0.738. The minimum atomic E-state index is -3.49. The van der Waals surface area contributed by atoms with Crippen LogP contribution in [0, 0.1) is 0 Å². The van der Waals surface area contributed by atoms with Crippen LogP contribution in [0.2, 0.25) is 0 Å². The first-order chi connectivity index (χ1) is 8.89. The Kier molecular flexibility index (Phi) is 4.29. The van der Waals surface area contributed by atoms with Gasteiger partial charge in [0.25, 0.3) is 10.0 Å². The van der Waals surface area contributed by atoms with Crippen LogP contribution >= 0.6 is 27.3 Å². The zero-order valence-corrected chi connectivity index (χ0v) is 13.3. The summed E-state index contributed by atoms with van der Waals surface area (Å²) in [5.74, 6) is 0.127. The van der Waals surface area contributed by atoms with Crippen molar-refractivity contribution in [2.75, 3.05) is 7.05 Å². The summed E-state index contributed by atoms with van der Waals surface area (Å²) in [4.78, 5) is 0. The predicted molar refractivity (Wildman–Crippen MR) is 78.8 cm³/mol. The van der Waals surface area contributed by atoms with Gasteiger partial charge in [-0.15, -0.1) is 11.3 Å². The lowest BCUT2D eigenvalue weighted by Crippen LogP contribution is -2.25. The normalized spacial score (nSPS) is 11.9. The molecular weight excluding hydrogens is 350 g/mol. The number of phenols is 1. The molecule has 0 bridgehead atoms. The van der Waals surface area contributed by atoms with Crippen molar-refractivity contribution >= 4 is 37.3 Å². The largest absolute Gasteiger partial charge is 0.508 e. The van der Waals surface area contributed by atoms with Crippen LogP contribution in [0.4, 0.5) is 0 Å². The van der Waals surface area contributed by atoms with Gasteiger partial charge in [-0.2, -0.15) is 4.31 Å². The Labute approximate surface area is 124 Å². The Bertz CT molecular complexity index is 682. The number of rotatable bonds is 4. The Morgan fingerprint density at radius 2 is 2.05 bits per heavy atom. The summed E-state index contributed by atoms with van der Waals surface area (Å²) < 4.78 is 26.9. The molecule has 4 nitrogen and oxygen atoms in total. The molecule has 102 valence electrons. The van der Waals surface area contributed by atoms with Gasteiger partial charge in [0.05, 0.1) is 3.79 Å². The molecule has 1 heterocycles. The van der Waals surface area contributed by atoms with E-state index in [0.29, 0.717) is 4.21 Å². The summed E-state index contributed by atoms with van der Waals surface area (Å²) in [7, 11) is -1.97. The van der Waals surface area contributed by atoms with E-state index in [2.05, 4.69) is 15.9 Å². The highest BCUT2D eigenvalue weighted by atomic mass is 79.9. The summed E-state index contributed by atoms with van der Waals surface area (Å²) in [5, 5.41) is 9.38. The molecule has 0 saturated heterocycles. The van der Waals surface area contributed by atoms with Crippen LogP contribution in [0.5, 0.6) is 5.75 Å². The van der Waals surface area contributed by atoms with Gasteiger partial charge in [0.15, 0.2) is 0 Å². The SMILES string of the molecule is CN(Cc1cccc(O)c1)S(=O)(=O)c1ccc(Br)s1. The third-order valence-corrected chi connectivity index (χ3v) is 6.42. The van der Waals surface area contributed by atoms with Crippen molar-refractivity contribution < 1.29 is 13.5 Å². The summed E-state index contributed by atoms with van der Waals surface area (Å²) >= 11 is 4.43. The molecular formula is C12H12BrNO3S2. The topological polar surface area (TPSA) is 57.6 Å². The third kappa shape index (κ3) is 3.36. The van der Waals surface area contributed by atoms with Gasteiger partial charge >= 0.3 is 0 Å². The molecule has 0 fully saturated rings. The highest BCUT2D eigenvalue weighted by Crippen LogP contribution is 2.28. The molecule has 0 aliphatic heterocycles. The lowest BCUT2D eigenvalue weighted by Gasteiger charge is -2.16. The maximum atomic E-state index is 12.3. The number of hydrogen-bond acceptors (Lipinski definition) is 4. The average molecular weight is 362 g/mol. The third-order valence-electron chi connectivity index (χ3n) is 2.53. The van der Waals surface area contributed by atoms with E-state index in [-0.39, 0.29) is 12.3 Å². The quantitative estimate of drug-likeness (QED) is 0.910. The Balaban J connectivity index is 2.22. The van der Waals surface area contributed by atoms with Gasteiger partial charge in [-0.25, -0.2) is 8.42 Å². The minimum Gasteiger partial charge on any atom is -0.508 e. The first kappa shape index (κ1) is 14.5. The van der Waals surface area contributed by atoms with E-state index in [0.717, 1.165) is 9.35 Å². The molecule has 0 unspecified atom stereocenters. The van der Waals surface area contributed by atoms with Crippen LogP contribution in [0.25, 0.3) is 0 Å². The number of phenolic OH excluding ortho intramolecular Hbond substituents is 1. The maximum Gasteiger partial charge on any atom is 0.252 e. The number of benzene rings is 1. The van der Waals surface area contributed by atoms with Crippen LogP contribution in [0.1, 0.15) is 5.56 Å². The van der Waals surface area contributed by atoms with Gasteiger partial charge in [0, 0.05) is 13.6 Å². The molecule has 0 radical (unpaired) electrons. The second-order valence-corrected chi connectivity index (χ2v) is 8.72. The summed E-state index contributed by atoms with van der Waals surface area (Å²) in [6, 6.07) is 9.84. The fraction of sp³-hybridized carbons (Fsp3) is 0.167. The zero-order chi connectivity index (χ0) is 14.0. The number of sulfonamides is 1. The van der Waals surface area contributed by atoms with E-state index in [9.17, 15) is 13.5 Å². The van der Waals surface area contributed by atoms with E-state index < -0.39 is 10.0 Å². The standard InChI is InChI=1S/C12H12BrNO3S2/c1-14(8-9-3-2-4-10(15)7-9)19(16,17)12-6-5-11(13)18-12/h2-7,15H,8H2,1H3. The van der Waals surface area contributed by atoms with Crippen molar-refractivity contribution in [1.82, 2.24) is 4.31 Å². The van der Waals surface area contributed by atoms with Gasteiger partial charge in [-0.3, -0.25) is 0 Å². The molecule has 0 amide bonds. The molecule has 2 rings (SSSR count). The smallest absolute Gasteiger partial charge is 0.252 e. The van der Waals surface area contributed by atoms with Crippen LogP contribution in [-0.2, 0) is 16.6 Å². The molecule has 19 heavy (non-hydrogen) atoms. The second kappa shape index (κ2) is 5.62. The zero-order valence-electron chi connectivity index (χ0n) is 10.1. The van der Waals surface area contributed by atoms with Gasteiger partial charge in [0.2, 0.25) is 0 Å². The monoisotopic (exact) mass is 361 g/mol. The van der Waals surface area contributed by atoms with Crippen LogP contribution in [-0.4, -0.2) is 24.9 Å². The van der Waals surface area contributed by atoms with Crippen molar-refractivity contribution in [3.8, 4) is 5.75 Å². The number of aromatic hydroxyl groups is 1. The Hall–Kier alpha value is -0.890. The first-order valence-corrected chi connectivity index (χ1v) is 8.44. The highest BCUT2D eigenvalue weighted by Gasteiger charge is 2.22. The molecule has 0 aliphatic carbocycles. The van der Waals surface area contributed by atoms with Gasteiger partial charge in [-0.1, -0.05) is 12.1 Å². The van der Waals surface area contributed by atoms with E-state index >= 15 is 0 Å². The fourth-order valence-electron chi connectivity index (χ4n) is 1.59. The predicted octanol–water partition coefficient (Wildman–Crippen LogP) is 3.04. The molecule has 2 aromatic rings. The Morgan fingerprint density at radius 1 is 1.32 bits per heavy atom. The van der Waals surface area contributed by atoms with Crippen molar-refractivity contribution in [3.63, 3.8) is 0 Å². The lowest BCUT2D eigenvalue weighted by atomic mass is 10.2. The van der Waals surface area contributed by atoms with E-state index in [1.54, 1.807) is 36.4 Å². The number of halogens is 1. The summed E-state index contributed by atoms with van der Waals surface area (Å²) in [6.07, 6.45) is 0. The second-order valence-electron chi connectivity index (χ2n) is 3.99. The number of nitrogens with zero attached hydrogens (tertiary/aromatic N) is 1. The van der Waals surface area contributed by atoms with E-state index in [1.165, 1.54) is 22.7 Å². The van der Waals surface area contributed by atoms with Gasteiger partial charge in [-0.05, 0) is 45.8 Å². The van der Waals surface area contributed by atoms with Crippen LogP contribution in [0.3, 0.4) is 0 Å². The van der Waals surface area contributed by atoms with Gasteiger partial charge in [0.1, 0.15) is 9.96 Å². The molecule has 1 aromatic carbocycles. The van der Waals surface area contributed by atoms with E-state index in [4.69, 9.17) is 0 Å². The first-order valence-electron chi connectivity index (χ1n) is 5.39. The number of thiophene rings is 1. The molecule has 0 spiro atoms. The Morgan fingerprint density at radius 3 is 2.63 bits per heavy atom. The van der Waals surface area contributed by atoms with Crippen LogP contribution in [0.15, 0.2) is 44.4 Å². The molecule has 0 saturated carbocycles. The lowest BCUT2D eigenvalue weighted by molar-refractivity contribution is 0.459. The highest BCUT2D eigenvalue weighted by molar-refractivity contribution is 9.11. The van der Waals surface area contributed by atoms with Crippen LogP contribution < -0.4 is 0 Å².